The summed E-state index contributed by atoms with van der Waals surface area (Å²) in [5, 5.41) is 3.04. The third-order valence-electron chi connectivity index (χ3n) is 3.74. The van der Waals surface area contributed by atoms with Gasteiger partial charge in [-0.05, 0) is 28.2 Å². The number of carbonyl (C=O) groups excluding carboxylic acids is 1. The van der Waals surface area contributed by atoms with Crippen molar-refractivity contribution in [1.29, 1.82) is 0 Å². The van der Waals surface area contributed by atoms with Gasteiger partial charge >= 0.3 is 0 Å². The second-order valence-electron chi connectivity index (χ2n) is 5.76. The summed E-state index contributed by atoms with van der Waals surface area (Å²) in [5.74, 6) is 0.700. The number of nitrogens with one attached hydrogen (secondary N) is 1. The van der Waals surface area contributed by atoms with Crippen LogP contribution in [0.5, 0.6) is 0 Å². The largest absolute Gasteiger partial charge is 0.446 e. The summed E-state index contributed by atoms with van der Waals surface area (Å²) in [4.78, 5) is 23.0. The van der Waals surface area contributed by atoms with Crippen molar-refractivity contribution < 1.29 is 9.21 Å². The number of fused-ring (bicyclic) bond motifs is 1. The molecule has 0 saturated carbocycles. The summed E-state index contributed by atoms with van der Waals surface area (Å²) in [5.41, 5.74) is 0.876. The molecular weight excluding hydrogens is 270 g/mol. The van der Waals surface area contributed by atoms with E-state index in [0.29, 0.717) is 19.0 Å². The van der Waals surface area contributed by atoms with Gasteiger partial charge in [0.25, 0.3) is 0 Å². The first kappa shape index (κ1) is 15.9. The molecule has 2 heterocycles. The van der Waals surface area contributed by atoms with Crippen LogP contribution in [0.4, 0.5) is 0 Å². The third kappa shape index (κ3) is 3.81. The lowest BCUT2D eigenvalue weighted by Crippen LogP contribution is -2.45. The molecule has 1 aromatic heterocycles. The molecular formula is C14H25N5O2. The fourth-order valence-corrected chi connectivity index (χ4v) is 2.47. The fraction of sp³-hybridized carbons (Fsp3) is 0.714. The highest BCUT2D eigenvalue weighted by Crippen LogP contribution is 2.23. The van der Waals surface area contributed by atoms with Gasteiger partial charge in [0.1, 0.15) is 6.04 Å². The quantitative estimate of drug-likeness (QED) is 0.782. The summed E-state index contributed by atoms with van der Waals surface area (Å²) < 4.78 is 5.40. The highest BCUT2D eigenvalue weighted by molar-refractivity contribution is 5.83. The molecule has 1 aromatic rings. The van der Waals surface area contributed by atoms with Gasteiger partial charge in [0.15, 0.2) is 12.2 Å². The van der Waals surface area contributed by atoms with E-state index in [1.54, 1.807) is 7.05 Å². The molecule has 0 bridgehead atoms. The van der Waals surface area contributed by atoms with Gasteiger partial charge in [-0.2, -0.15) is 0 Å². The van der Waals surface area contributed by atoms with Crippen molar-refractivity contribution in [3.8, 4) is 0 Å². The Labute approximate surface area is 125 Å². The van der Waals surface area contributed by atoms with E-state index in [2.05, 4.69) is 20.1 Å². The van der Waals surface area contributed by atoms with Crippen LogP contribution in [0.3, 0.4) is 0 Å². The lowest BCUT2D eigenvalue weighted by Gasteiger charge is -2.29. The highest BCUT2D eigenvalue weighted by Gasteiger charge is 2.33. The molecule has 0 aliphatic carbocycles. The van der Waals surface area contributed by atoms with Crippen LogP contribution >= 0.6 is 0 Å². The molecule has 0 saturated heterocycles. The molecule has 0 fully saturated rings. The Kier molecular flexibility index (Phi) is 5.33. The van der Waals surface area contributed by atoms with Crippen LogP contribution in [-0.4, -0.2) is 80.1 Å². The first-order valence-electron chi connectivity index (χ1n) is 7.24. The molecule has 1 amide bonds. The topological polar surface area (TPSA) is 64.9 Å². The fourth-order valence-electron chi connectivity index (χ4n) is 2.47. The van der Waals surface area contributed by atoms with Gasteiger partial charge in [0.2, 0.25) is 5.91 Å². The van der Waals surface area contributed by atoms with E-state index >= 15 is 0 Å². The van der Waals surface area contributed by atoms with Gasteiger partial charge in [-0.15, -0.1) is 0 Å². The minimum atomic E-state index is -0.438. The smallest absolute Gasteiger partial charge is 0.248 e. The number of rotatable bonds is 6. The van der Waals surface area contributed by atoms with Gasteiger partial charge in [0.05, 0.1) is 12.4 Å². The Bertz CT molecular complexity index is 474. The minimum absolute atomic E-state index is 0.0460. The van der Waals surface area contributed by atoms with Crippen molar-refractivity contribution in [1.82, 2.24) is 25.0 Å². The number of hydrogen-bond acceptors (Lipinski definition) is 6. The average molecular weight is 295 g/mol. The Morgan fingerprint density at radius 3 is 2.86 bits per heavy atom. The summed E-state index contributed by atoms with van der Waals surface area (Å²) >= 11 is 0. The van der Waals surface area contributed by atoms with Crippen LogP contribution in [0, 0.1) is 0 Å². The first-order valence-corrected chi connectivity index (χ1v) is 7.24. The molecule has 21 heavy (non-hydrogen) atoms. The lowest BCUT2D eigenvalue weighted by molar-refractivity contribution is -0.135. The van der Waals surface area contributed by atoms with Crippen molar-refractivity contribution in [3.63, 3.8) is 0 Å². The van der Waals surface area contributed by atoms with E-state index in [4.69, 9.17) is 4.42 Å². The minimum Gasteiger partial charge on any atom is -0.446 e. The Morgan fingerprint density at radius 1 is 1.43 bits per heavy atom. The van der Waals surface area contributed by atoms with Gasteiger partial charge < -0.3 is 19.5 Å². The van der Waals surface area contributed by atoms with Crippen LogP contribution in [-0.2, 0) is 11.2 Å². The summed E-state index contributed by atoms with van der Waals surface area (Å²) in [6.45, 7) is 3.18. The van der Waals surface area contributed by atoms with E-state index in [-0.39, 0.29) is 5.91 Å². The zero-order chi connectivity index (χ0) is 15.4. The summed E-state index contributed by atoms with van der Waals surface area (Å²) in [6.07, 6.45) is 2.15. The summed E-state index contributed by atoms with van der Waals surface area (Å²) in [6, 6.07) is -0.438. The van der Waals surface area contributed by atoms with Gasteiger partial charge in [-0.25, -0.2) is 4.98 Å². The van der Waals surface area contributed by atoms with Crippen LogP contribution in [0.2, 0.25) is 0 Å². The van der Waals surface area contributed by atoms with Crippen LogP contribution < -0.4 is 5.32 Å². The maximum atomic E-state index is 12.6. The number of carbonyl (C=O) groups is 1. The van der Waals surface area contributed by atoms with Crippen LogP contribution in [0.1, 0.15) is 17.5 Å². The van der Waals surface area contributed by atoms with Gasteiger partial charge in [-0.3, -0.25) is 9.69 Å². The Balaban J connectivity index is 2.02. The monoisotopic (exact) mass is 295 g/mol. The number of amides is 1. The van der Waals surface area contributed by atoms with E-state index in [1.165, 1.54) is 6.39 Å². The molecule has 0 spiro atoms. The maximum absolute atomic E-state index is 12.6. The van der Waals surface area contributed by atoms with Gasteiger partial charge in [-0.1, -0.05) is 0 Å². The molecule has 1 aliphatic rings. The number of hydrogen-bond donors (Lipinski definition) is 1. The third-order valence-corrected chi connectivity index (χ3v) is 3.74. The first-order chi connectivity index (χ1) is 10.0. The zero-order valence-corrected chi connectivity index (χ0v) is 13.3. The van der Waals surface area contributed by atoms with Crippen molar-refractivity contribution in [2.75, 3.05) is 54.5 Å². The Hall–Kier alpha value is -1.44. The molecule has 1 atom stereocenters. The molecule has 0 radical (unpaired) electrons. The molecule has 1 unspecified atom stereocenters. The van der Waals surface area contributed by atoms with Crippen molar-refractivity contribution >= 4 is 5.91 Å². The normalized spacial score (nSPS) is 19.2. The van der Waals surface area contributed by atoms with Crippen molar-refractivity contribution in [2.24, 2.45) is 0 Å². The molecule has 1 N–H and O–H groups in total. The molecule has 0 aromatic carbocycles. The van der Waals surface area contributed by atoms with Gasteiger partial charge in [0, 0.05) is 26.1 Å². The average Bonchev–Trinajstić information content (AvgIpc) is 2.85. The predicted octanol–water partition coefficient (Wildman–Crippen LogP) is -0.229. The molecule has 118 valence electrons. The Morgan fingerprint density at radius 2 is 2.19 bits per heavy atom. The molecule has 7 heteroatoms. The second kappa shape index (κ2) is 7.02. The highest BCUT2D eigenvalue weighted by atomic mass is 16.3. The SMILES string of the molecule is CNC1C(=O)N(CN(C)CCN(C)C)CCc2ncoc21. The molecule has 1 aliphatic heterocycles. The number of nitrogens with zero attached hydrogens (tertiary/aromatic N) is 4. The van der Waals surface area contributed by atoms with Crippen LogP contribution in [0.15, 0.2) is 10.8 Å². The van der Waals surface area contributed by atoms with E-state index in [1.807, 2.05) is 26.0 Å². The van der Waals surface area contributed by atoms with Crippen LogP contribution in [0.25, 0.3) is 0 Å². The van der Waals surface area contributed by atoms with E-state index in [0.717, 1.165) is 25.2 Å². The molecule has 7 nitrogen and oxygen atoms in total. The number of aromatic nitrogens is 1. The number of oxazole rings is 1. The predicted molar refractivity (Wildman–Crippen MR) is 79.8 cm³/mol. The van der Waals surface area contributed by atoms with Crippen molar-refractivity contribution in [2.45, 2.75) is 12.5 Å². The van der Waals surface area contributed by atoms with E-state index in [9.17, 15) is 4.79 Å². The standard InChI is InChI=1S/C14H25N5O2/c1-15-12-13-11(16-9-21-13)5-6-19(14(12)20)10-18(4)8-7-17(2)3/h9,12,15H,5-8,10H2,1-4H3. The zero-order valence-electron chi connectivity index (χ0n) is 13.3. The van der Waals surface area contributed by atoms with Crippen molar-refractivity contribution in [3.05, 3.63) is 17.8 Å². The second-order valence-corrected chi connectivity index (χ2v) is 5.76. The summed E-state index contributed by atoms with van der Waals surface area (Å²) in [7, 11) is 7.90. The van der Waals surface area contributed by atoms with E-state index < -0.39 is 6.04 Å². The lowest BCUT2D eigenvalue weighted by atomic mass is 10.2. The number of likely N-dealkylation sites (N-methyl/N-ethyl adjacent to an activating group) is 3. The maximum Gasteiger partial charge on any atom is 0.248 e. The molecule has 2 rings (SSSR count).